The van der Waals surface area contributed by atoms with Gasteiger partial charge in [-0.25, -0.2) is 0 Å². The summed E-state index contributed by atoms with van der Waals surface area (Å²) in [5.41, 5.74) is 7.47. The van der Waals surface area contributed by atoms with Crippen molar-refractivity contribution in [2.45, 2.75) is 0 Å². The number of furan rings is 1. The van der Waals surface area contributed by atoms with Crippen LogP contribution in [0.3, 0.4) is 0 Å². The summed E-state index contributed by atoms with van der Waals surface area (Å²) in [6, 6.07) is 58.6. The highest BCUT2D eigenvalue weighted by atomic mass is 16.3. The Morgan fingerprint density at radius 2 is 0.841 bits per heavy atom. The van der Waals surface area contributed by atoms with E-state index in [0.717, 1.165) is 39.0 Å². The summed E-state index contributed by atoms with van der Waals surface area (Å²) >= 11 is 0. The van der Waals surface area contributed by atoms with Gasteiger partial charge in [0.05, 0.1) is 0 Å². The summed E-state index contributed by atoms with van der Waals surface area (Å²) in [4.78, 5) is 2.33. The molecular weight excluding hydrogens is 534 g/mol. The Morgan fingerprint density at radius 1 is 0.295 bits per heavy atom. The van der Waals surface area contributed by atoms with Crippen LogP contribution in [0.2, 0.25) is 0 Å². The first-order valence-electron chi connectivity index (χ1n) is 15.0. The van der Waals surface area contributed by atoms with Crippen LogP contribution in [-0.4, -0.2) is 0 Å². The lowest BCUT2D eigenvalue weighted by atomic mass is 9.92. The van der Waals surface area contributed by atoms with Gasteiger partial charge in [-0.1, -0.05) is 109 Å². The van der Waals surface area contributed by atoms with Gasteiger partial charge in [-0.3, -0.25) is 0 Å². The fraction of sp³-hybridized carbons (Fsp3) is 0. The Kier molecular flexibility index (Phi) is 5.54. The summed E-state index contributed by atoms with van der Waals surface area (Å²) < 4.78 is 6.15. The van der Waals surface area contributed by atoms with E-state index in [1.165, 1.54) is 43.4 Å². The number of para-hydroxylation sites is 2. The van der Waals surface area contributed by atoms with Crippen LogP contribution >= 0.6 is 0 Å². The van der Waals surface area contributed by atoms with E-state index in [4.69, 9.17) is 4.42 Å². The Bertz CT molecular complexity index is 2470. The van der Waals surface area contributed by atoms with Gasteiger partial charge in [0.1, 0.15) is 11.2 Å². The Balaban J connectivity index is 1.23. The number of anilines is 3. The number of hydrogen-bond acceptors (Lipinski definition) is 2. The maximum atomic E-state index is 6.15. The highest BCUT2D eigenvalue weighted by Crippen LogP contribution is 2.41. The zero-order valence-corrected chi connectivity index (χ0v) is 23.9. The molecule has 9 rings (SSSR count). The minimum absolute atomic E-state index is 0.896. The molecule has 0 aliphatic heterocycles. The van der Waals surface area contributed by atoms with E-state index >= 15 is 0 Å². The Morgan fingerprint density at radius 3 is 1.59 bits per heavy atom. The van der Waals surface area contributed by atoms with Crippen LogP contribution < -0.4 is 4.90 Å². The number of fused-ring (bicyclic) bond motifs is 9. The van der Waals surface area contributed by atoms with Crippen molar-refractivity contribution >= 4 is 71.3 Å². The summed E-state index contributed by atoms with van der Waals surface area (Å²) in [5.74, 6) is 0. The lowest BCUT2D eigenvalue weighted by Gasteiger charge is -2.26. The van der Waals surface area contributed by atoms with Crippen molar-refractivity contribution in [2.75, 3.05) is 4.90 Å². The summed E-state index contributed by atoms with van der Waals surface area (Å²) in [5, 5.41) is 9.96. The lowest BCUT2D eigenvalue weighted by molar-refractivity contribution is 0.669. The molecule has 0 aliphatic rings. The van der Waals surface area contributed by atoms with Crippen molar-refractivity contribution in [1.29, 1.82) is 0 Å². The van der Waals surface area contributed by atoms with Gasteiger partial charge < -0.3 is 9.32 Å². The number of rotatable bonds is 4. The molecule has 44 heavy (non-hydrogen) atoms. The van der Waals surface area contributed by atoms with Gasteiger partial charge in [-0.15, -0.1) is 0 Å². The van der Waals surface area contributed by atoms with Gasteiger partial charge in [0.15, 0.2) is 0 Å². The summed E-state index contributed by atoms with van der Waals surface area (Å²) in [7, 11) is 0. The van der Waals surface area contributed by atoms with E-state index < -0.39 is 0 Å². The van der Waals surface area contributed by atoms with Crippen LogP contribution in [0, 0.1) is 0 Å². The van der Waals surface area contributed by atoms with Crippen molar-refractivity contribution in [3.8, 4) is 11.1 Å². The predicted octanol–water partition coefficient (Wildman–Crippen LogP) is 12.2. The molecule has 0 fully saturated rings. The molecule has 1 aromatic heterocycles. The second-order valence-electron chi connectivity index (χ2n) is 11.4. The number of hydrogen-bond donors (Lipinski definition) is 0. The molecule has 8 aromatic carbocycles. The molecule has 0 aliphatic carbocycles. The zero-order chi connectivity index (χ0) is 29.0. The van der Waals surface area contributed by atoms with Gasteiger partial charge in [0, 0.05) is 27.8 Å². The topological polar surface area (TPSA) is 16.4 Å². The minimum Gasteiger partial charge on any atom is -0.456 e. The van der Waals surface area contributed by atoms with Gasteiger partial charge >= 0.3 is 0 Å². The van der Waals surface area contributed by atoms with Gasteiger partial charge in [0.2, 0.25) is 0 Å². The van der Waals surface area contributed by atoms with Crippen LogP contribution in [0.1, 0.15) is 0 Å². The van der Waals surface area contributed by atoms with Crippen LogP contribution in [0.5, 0.6) is 0 Å². The van der Waals surface area contributed by atoms with Gasteiger partial charge in [-0.05, 0) is 98.0 Å². The quantitative estimate of drug-likeness (QED) is 0.199. The maximum Gasteiger partial charge on any atom is 0.135 e. The van der Waals surface area contributed by atoms with Gasteiger partial charge in [-0.2, -0.15) is 0 Å². The molecule has 1 heterocycles. The first-order chi connectivity index (χ1) is 21.8. The van der Waals surface area contributed by atoms with E-state index in [0.29, 0.717) is 0 Å². The normalized spacial score (nSPS) is 11.6. The third-order valence-corrected chi connectivity index (χ3v) is 8.81. The molecule has 9 aromatic rings. The SMILES string of the molecule is c1ccc(N(c2cccc(-c3ccc4c5ccccc5c5ccccc5c4c3)c2)c2ccc3oc4ccccc4c3c2)cc1. The molecule has 206 valence electrons. The summed E-state index contributed by atoms with van der Waals surface area (Å²) in [6.07, 6.45) is 0. The highest BCUT2D eigenvalue weighted by molar-refractivity contribution is 6.25. The summed E-state index contributed by atoms with van der Waals surface area (Å²) in [6.45, 7) is 0. The van der Waals surface area contributed by atoms with E-state index in [1.807, 2.05) is 12.1 Å². The Labute approximate surface area is 255 Å². The van der Waals surface area contributed by atoms with Crippen LogP contribution in [0.25, 0.3) is 65.4 Å². The lowest BCUT2D eigenvalue weighted by Crippen LogP contribution is -2.09. The first kappa shape index (κ1) is 24.7. The second kappa shape index (κ2) is 9.86. The second-order valence-corrected chi connectivity index (χ2v) is 11.4. The number of benzene rings is 8. The monoisotopic (exact) mass is 561 g/mol. The van der Waals surface area contributed by atoms with E-state index in [-0.39, 0.29) is 0 Å². The molecule has 2 heteroatoms. The highest BCUT2D eigenvalue weighted by Gasteiger charge is 2.16. The average Bonchev–Trinajstić information content (AvgIpc) is 3.47. The third-order valence-electron chi connectivity index (χ3n) is 8.81. The Hall–Kier alpha value is -5.86. The minimum atomic E-state index is 0.896. The molecule has 0 spiro atoms. The fourth-order valence-corrected chi connectivity index (χ4v) is 6.79. The molecule has 0 amide bonds. The van der Waals surface area contributed by atoms with Crippen molar-refractivity contribution in [3.05, 3.63) is 164 Å². The molecule has 0 radical (unpaired) electrons. The largest absolute Gasteiger partial charge is 0.456 e. The van der Waals surface area contributed by atoms with Crippen molar-refractivity contribution < 1.29 is 4.42 Å². The van der Waals surface area contributed by atoms with E-state index in [2.05, 4.69) is 157 Å². The van der Waals surface area contributed by atoms with E-state index in [9.17, 15) is 0 Å². The third kappa shape index (κ3) is 3.89. The van der Waals surface area contributed by atoms with Crippen molar-refractivity contribution in [1.82, 2.24) is 0 Å². The molecular formula is C42H27NO. The molecule has 0 saturated heterocycles. The van der Waals surface area contributed by atoms with Gasteiger partial charge in [0.25, 0.3) is 0 Å². The van der Waals surface area contributed by atoms with E-state index in [1.54, 1.807) is 0 Å². The molecule has 2 nitrogen and oxygen atoms in total. The van der Waals surface area contributed by atoms with Crippen LogP contribution in [0.4, 0.5) is 17.1 Å². The molecule has 0 bridgehead atoms. The van der Waals surface area contributed by atoms with Crippen LogP contribution in [0.15, 0.2) is 168 Å². The molecule has 0 atom stereocenters. The molecule has 0 saturated carbocycles. The maximum absolute atomic E-state index is 6.15. The fourth-order valence-electron chi connectivity index (χ4n) is 6.79. The van der Waals surface area contributed by atoms with Crippen molar-refractivity contribution in [2.24, 2.45) is 0 Å². The smallest absolute Gasteiger partial charge is 0.135 e. The zero-order valence-electron chi connectivity index (χ0n) is 23.9. The van der Waals surface area contributed by atoms with Crippen LogP contribution in [-0.2, 0) is 0 Å². The van der Waals surface area contributed by atoms with Crippen molar-refractivity contribution in [3.63, 3.8) is 0 Å². The average molecular weight is 562 g/mol. The molecule has 0 N–H and O–H groups in total. The standard InChI is InChI=1S/C42H27NO/c1-2-12-30(13-3-1)43(32-22-24-42-40(27-32)38-19-8-9-20-41(38)44-42)31-14-10-11-28(25-31)29-21-23-37-35-17-5-4-15-33(35)34-16-6-7-18-36(34)39(37)26-29/h1-27H. The number of nitrogens with zero attached hydrogens (tertiary/aromatic N) is 1. The predicted molar refractivity (Wildman–Crippen MR) is 186 cm³/mol. The first-order valence-corrected chi connectivity index (χ1v) is 15.0. The molecule has 0 unspecified atom stereocenters.